The van der Waals surface area contributed by atoms with Gasteiger partial charge in [-0.25, -0.2) is 0 Å². The number of fused-ring (bicyclic) bond motifs is 1. The summed E-state index contributed by atoms with van der Waals surface area (Å²) in [5, 5.41) is 13.6. The van der Waals surface area contributed by atoms with Crippen molar-refractivity contribution in [1.82, 2.24) is 10.2 Å². The predicted octanol–water partition coefficient (Wildman–Crippen LogP) is 2.55. The lowest BCUT2D eigenvalue weighted by molar-refractivity contribution is 0.0874. The maximum Gasteiger partial charge on any atom is 0.287 e. The van der Waals surface area contributed by atoms with Gasteiger partial charge in [-0.15, -0.1) is 0 Å². The van der Waals surface area contributed by atoms with Crippen molar-refractivity contribution in [3.8, 4) is 0 Å². The van der Waals surface area contributed by atoms with Gasteiger partial charge in [0.15, 0.2) is 5.76 Å². The predicted molar refractivity (Wildman–Crippen MR) is 89.6 cm³/mol. The molecule has 0 radical (unpaired) electrons. The van der Waals surface area contributed by atoms with Crippen molar-refractivity contribution in [2.45, 2.75) is 12.6 Å². The molecule has 0 bridgehead atoms. The summed E-state index contributed by atoms with van der Waals surface area (Å²) in [5.74, 6) is 0.332. The SMILES string of the molecule is CN(C)Cc1c(C(=O)NC[C@@H](O)c2ccco2)oc2ccccc12. The zero-order valence-electron chi connectivity index (χ0n) is 13.7. The number of hydrogen-bond acceptors (Lipinski definition) is 5. The fraction of sp³-hybridized carbons (Fsp3) is 0.278. The fourth-order valence-electron chi connectivity index (χ4n) is 2.61. The van der Waals surface area contributed by atoms with Crippen LogP contribution in [0.25, 0.3) is 11.0 Å². The number of rotatable bonds is 6. The van der Waals surface area contributed by atoms with Gasteiger partial charge < -0.3 is 24.2 Å². The van der Waals surface area contributed by atoms with E-state index in [1.54, 1.807) is 12.1 Å². The highest BCUT2D eigenvalue weighted by Gasteiger charge is 2.22. The van der Waals surface area contributed by atoms with Crippen LogP contribution in [0.5, 0.6) is 0 Å². The van der Waals surface area contributed by atoms with Crippen LogP contribution in [0.2, 0.25) is 0 Å². The van der Waals surface area contributed by atoms with Crippen molar-refractivity contribution in [3.05, 3.63) is 59.7 Å². The molecule has 3 rings (SSSR count). The quantitative estimate of drug-likeness (QED) is 0.727. The minimum Gasteiger partial charge on any atom is -0.467 e. The van der Waals surface area contributed by atoms with Crippen LogP contribution in [0.3, 0.4) is 0 Å². The summed E-state index contributed by atoms with van der Waals surface area (Å²) in [6.45, 7) is 0.630. The van der Waals surface area contributed by atoms with Gasteiger partial charge in [-0.3, -0.25) is 4.79 Å². The highest BCUT2D eigenvalue weighted by Crippen LogP contribution is 2.27. The van der Waals surface area contributed by atoms with Gasteiger partial charge in [0, 0.05) is 17.5 Å². The molecule has 0 fully saturated rings. The number of aliphatic hydroxyl groups is 1. The lowest BCUT2D eigenvalue weighted by atomic mass is 10.1. The van der Waals surface area contributed by atoms with E-state index in [0.29, 0.717) is 17.9 Å². The van der Waals surface area contributed by atoms with Crippen LogP contribution < -0.4 is 5.32 Å². The fourth-order valence-corrected chi connectivity index (χ4v) is 2.61. The molecule has 2 heterocycles. The minimum absolute atomic E-state index is 0.0464. The van der Waals surface area contributed by atoms with E-state index >= 15 is 0 Å². The third-order valence-electron chi connectivity index (χ3n) is 3.71. The number of nitrogens with one attached hydrogen (secondary N) is 1. The summed E-state index contributed by atoms with van der Waals surface area (Å²) in [5.41, 5.74) is 1.51. The molecule has 0 saturated heterocycles. The summed E-state index contributed by atoms with van der Waals surface area (Å²) in [6, 6.07) is 10.9. The molecule has 0 aliphatic heterocycles. The molecule has 0 unspecified atom stereocenters. The Bertz CT molecular complexity index is 821. The number of amides is 1. The Morgan fingerprint density at radius 2 is 2.04 bits per heavy atom. The Morgan fingerprint density at radius 1 is 1.25 bits per heavy atom. The van der Waals surface area contributed by atoms with Crippen LogP contribution in [0.4, 0.5) is 0 Å². The highest BCUT2D eigenvalue weighted by molar-refractivity contribution is 5.99. The molecule has 1 amide bonds. The number of hydrogen-bond donors (Lipinski definition) is 2. The van der Waals surface area contributed by atoms with Crippen molar-refractivity contribution in [2.75, 3.05) is 20.6 Å². The molecule has 2 N–H and O–H groups in total. The number of benzene rings is 1. The molecule has 0 aliphatic carbocycles. The van der Waals surface area contributed by atoms with Gasteiger partial charge in [0.1, 0.15) is 17.4 Å². The van der Waals surface area contributed by atoms with E-state index in [1.807, 2.05) is 43.3 Å². The number of para-hydroxylation sites is 1. The van der Waals surface area contributed by atoms with Gasteiger partial charge in [-0.05, 0) is 32.3 Å². The molecule has 2 aromatic heterocycles. The summed E-state index contributed by atoms with van der Waals surface area (Å²) in [6.07, 6.45) is 0.583. The van der Waals surface area contributed by atoms with Crippen LogP contribution in [0.1, 0.15) is 28.0 Å². The second-order valence-electron chi connectivity index (χ2n) is 5.88. The van der Waals surface area contributed by atoms with Gasteiger partial charge in [-0.1, -0.05) is 18.2 Å². The van der Waals surface area contributed by atoms with Gasteiger partial charge in [0.05, 0.1) is 12.8 Å². The van der Waals surface area contributed by atoms with Crippen LogP contribution >= 0.6 is 0 Å². The zero-order valence-corrected chi connectivity index (χ0v) is 13.7. The van der Waals surface area contributed by atoms with E-state index < -0.39 is 6.10 Å². The second kappa shape index (κ2) is 6.90. The van der Waals surface area contributed by atoms with Crippen molar-refractivity contribution >= 4 is 16.9 Å². The molecular formula is C18H20N2O4. The Labute approximate surface area is 139 Å². The molecule has 0 saturated carbocycles. The smallest absolute Gasteiger partial charge is 0.287 e. The number of nitrogens with zero attached hydrogens (tertiary/aromatic N) is 1. The lowest BCUT2D eigenvalue weighted by Gasteiger charge is -2.11. The van der Waals surface area contributed by atoms with E-state index in [2.05, 4.69) is 5.32 Å². The molecule has 0 aliphatic rings. The molecule has 1 atom stereocenters. The van der Waals surface area contributed by atoms with Crippen LogP contribution in [0, 0.1) is 0 Å². The largest absolute Gasteiger partial charge is 0.467 e. The van der Waals surface area contributed by atoms with Crippen LogP contribution in [-0.2, 0) is 6.54 Å². The van der Waals surface area contributed by atoms with E-state index in [9.17, 15) is 9.90 Å². The summed E-state index contributed by atoms with van der Waals surface area (Å²) < 4.78 is 10.9. The molecule has 0 spiro atoms. The summed E-state index contributed by atoms with van der Waals surface area (Å²) in [4.78, 5) is 14.5. The first-order valence-corrected chi connectivity index (χ1v) is 7.71. The maximum atomic E-state index is 12.5. The molecule has 3 aromatic rings. The normalized spacial score (nSPS) is 12.7. The third kappa shape index (κ3) is 3.34. The molecule has 24 heavy (non-hydrogen) atoms. The van der Waals surface area contributed by atoms with E-state index in [0.717, 1.165) is 10.9 Å². The van der Waals surface area contributed by atoms with Gasteiger partial charge in [0.25, 0.3) is 5.91 Å². The average Bonchev–Trinajstić information content (AvgIpc) is 3.20. The van der Waals surface area contributed by atoms with Crippen LogP contribution in [0.15, 0.2) is 51.5 Å². The van der Waals surface area contributed by atoms with E-state index in [-0.39, 0.29) is 18.2 Å². The zero-order chi connectivity index (χ0) is 17.1. The first-order valence-electron chi connectivity index (χ1n) is 7.71. The molecule has 6 nitrogen and oxygen atoms in total. The van der Waals surface area contributed by atoms with Gasteiger partial charge in [-0.2, -0.15) is 0 Å². The van der Waals surface area contributed by atoms with Crippen molar-refractivity contribution in [1.29, 1.82) is 0 Å². The lowest BCUT2D eigenvalue weighted by Crippen LogP contribution is -2.29. The van der Waals surface area contributed by atoms with E-state index in [1.165, 1.54) is 6.26 Å². The van der Waals surface area contributed by atoms with Gasteiger partial charge in [0.2, 0.25) is 0 Å². The Hall–Kier alpha value is -2.57. The van der Waals surface area contributed by atoms with Gasteiger partial charge >= 0.3 is 0 Å². The average molecular weight is 328 g/mol. The van der Waals surface area contributed by atoms with Crippen molar-refractivity contribution < 1.29 is 18.7 Å². The highest BCUT2D eigenvalue weighted by atomic mass is 16.4. The number of aliphatic hydroxyl groups excluding tert-OH is 1. The molecule has 126 valence electrons. The maximum absolute atomic E-state index is 12.5. The number of carbonyl (C=O) groups is 1. The Kier molecular flexibility index (Phi) is 4.69. The third-order valence-corrected chi connectivity index (χ3v) is 3.71. The Balaban J connectivity index is 1.81. The molecule has 6 heteroatoms. The van der Waals surface area contributed by atoms with Crippen molar-refractivity contribution in [2.24, 2.45) is 0 Å². The first kappa shape index (κ1) is 16.3. The molecular weight excluding hydrogens is 308 g/mol. The second-order valence-corrected chi connectivity index (χ2v) is 5.88. The summed E-state index contributed by atoms with van der Waals surface area (Å²) >= 11 is 0. The topological polar surface area (TPSA) is 78.9 Å². The monoisotopic (exact) mass is 328 g/mol. The Morgan fingerprint density at radius 3 is 2.75 bits per heavy atom. The first-order chi connectivity index (χ1) is 11.6. The van der Waals surface area contributed by atoms with E-state index in [4.69, 9.17) is 8.83 Å². The summed E-state index contributed by atoms with van der Waals surface area (Å²) in [7, 11) is 3.87. The molecule has 1 aromatic carbocycles. The minimum atomic E-state index is -0.898. The van der Waals surface area contributed by atoms with Crippen molar-refractivity contribution in [3.63, 3.8) is 0 Å². The number of furan rings is 2. The van der Waals surface area contributed by atoms with Crippen LogP contribution in [-0.4, -0.2) is 36.6 Å². The standard InChI is InChI=1S/C18H20N2O4/c1-20(2)11-13-12-6-3-4-7-15(12)24-17(13)18(22)19-10-14(21)16-8-5-9-23-16/h3-9,14,21H,10-11H2,1-2H3,(H,19,22)/t14-/m1/s1. The number of carbonyl (C=O) groups excluding carboxylic acids is 1.